The summed E-state index contributed by atoms with van der Waals surface area (Å²) < 4.78 is 3.14. The lowest BCUT2D eigenvalue weighted by atomic mass is 9.99. The minimum absolute atomic E-state index is 0.108. The third kappa shape index (κ3) is 4.53. The third-order valence-electron chi connectivity index (χ3n) is 6.28. The molecule has 0 aliphatic heterocycles. The molecule has 0 radical (unpaired) electrons. The van der Waals surface area contributed by atoms with Crippen LogP contribution in [0.25, 0.3) is 27.9 Å². The van der Waals surface area contributed by atoms with E-state index in [0.717, 1.165) is 27.9 Å². The topological polar surface area (TPSA) is 129 Å². The fourth-order valence-electron chi connectivity index (χ4n) is 4.43. The van der Waals surface area contributed by atoms with Gasteiger partial charge in [0.1, 0.15) is 5.52 Å². The molecule has 0 unspecified atom stereocenters. The number of nitrogens with two attached hydrogens (primary N) is 1. The predicted molar refractivity (Wildman–Crippen MR) is 147 cm³/mol. The van der Waals surface area contributed by atoms with Crippen LogP contribution in [-0.4, -0.2) is 40.3 Å². The van der Waals surface area contributed by atoms with E-state index in [2.05, 4.69) is 37.3 Å². The van der Waals surface area contributed by atoms with Crippen molar-refractivity contribution in [3.63, 3.8) is 0 Å². The molecule has 6 rings (SSSR count). The Balaban J connectivity index is 1.43. The van der Waals surface area contributed by atoms with Crippen molar-refractivity contribution in [1.29, 1.82) is 0 Å². The summed E-state index contributed by atoms with van der Waals surface area (Å²) in [7, 11) is 1.85. The van der Waals surface area contributed by atoms with Gasteiger partial charge >= 0.3 is 0 Å². The molecule has 0 saturated carbocycles. The molecule has 1 atom stereocenters. The second-order valence-corrected chi connectivity index (χ2v) is 9.01. The first-order valence-corrected chi connectivity index (χ1v) is 12.2. The number of aryl methyl sites for hydroxylation is 1. The van der Waals surface area contributed by atoms with E-state index in [1.165, 1.54) is 4.52 Å². The number of amides is 1. The summed E-state index contributed by atoms with van der Waals surface area (Å²) in [4.78, 5) is 27.2. The van der Waals surface area contributed by atoms with Crippen LogP contribution in [0.4, 0.5) is 5.82 Å². The number of hydrogen-bond donors (Lipinski definition) is 2. The van der Waals surface area contributed by atoms with E-state index >= 15 is 0 Å². The fraction of sp³-hybridized carbons (Fsp3) is 0.103. The molecule has 39 heavy (non-hydrogen) atoms. The maximum Gasteiger partial charge on any atom is 0.274 e. The molecule has 3 N–H and O–H groups in total. The highest BCUT2D eigenvalue weighted by atomic mass is 16.2. The van der Waals surface area contributed by atoms with Crippen LogP contribution in [0.15, 0.2) is 79.4 Å². The summed E-state index contributed by atoms with van der Waals surface area (Å²) >= 11 is 0. The number of pyridine rings is 2. The van der Waals surface area contributed by atoms with Crippen LogP contribution in [-0.2, 0) is 7.05 Å². The Hall–Kier alpha value is -5.56. The fourth-order valence-corrected chi connectivity index (χ4v) is 4.43. The van der Waals surface area contributed by atoms with E-state index < -0.39 is 11.9 Å². The summed E-state index contributed by atoms with van der Waals surface area (Å²) in [5, 5.41) is 11.5. The molecule has 10 nitrogen and oxygen atoms in total. The van der Waals surface area contributed by atoms with Gasteiger partial charge in [-0.1, -0.05) is 42.2 Å². The van der Waals surface area contributed by atoms with Crippen molar-refractivity contribution >= 4 is 28.4 Å². The molecule has 190 valence electrons. The number of aromatic nitrogens is 7. The average Bonchev–Trinajstić information content (AvgIpc) is 3.52. The van der Waals surface area contributed by atoms with E-state index in [-0.39, 0.29) is 11.5 Å². The van der Waals surface area contributed by atoms with Crippen molar-refractivity contribution in [1.82, 2.24) is 39.7 Å². The van der Waals surface area contributed by atoms with Crippen LogP contribution in [0.5, 0.6) is 0 Å². The summed E-state index contributed by atoms with van der Waals surface area (Å²) in [5.41, 5.74) is 12.1. The zero-order valence-electron chi connectivity index (χ0n) is 21.2. The molecule has 1 amide bonds. The lowest BCUT2D eigenvalue weighted by molar-refractivity contribution is 0.0934. The monoisotopic (exact) mass is 513 g/mol. The predicted octanol–water partition coefficient (Wildman–Crippen LogP) is 3.55. The number of nitrogens with one attached hydrogen (secondary N) is 1. The Kier molecular flexibility index (Phi) is 5.93. The largest absolute Gasteiger partial charge is 0.382 e. The van der Waals surface area contributed by atoms with E-state index in [0.29, 0.717) is 16.7 Å². The number of carbonyl (C=O) groups is 1. The summed E-state index contributed by atoms with van der Waals surface area (Å²) in [5.74, 6) is 6.07. The Labute approximate surface area is 223 Å². The van der Waals surface area contributed by atoms with Gasteiger partial charge in [0.15, 0.2) is 17.2 Å². The number of nitrogen functional groups attached to an aromatic ring is 1. The van der Waals surface area contributed by atoms with Crippen LogP contribution in [0.2, 0.25) is 0 Å². The molecule has 5 heterocycles. The van der Waals surface area contributed by atoms with Crippen LogP contribution in [0, 0.1) is 11.8 Å². The Bertz CT molecular complexity index is 1910. The number of rotatable bonds is 4. The lowest BCUT2D eigenvalue weighted by Crippen LogP contribution is -2.29. The van der Waals surface area contributed by atoms with Crippen molar-refractivity contribution in [2.45, 2.75) is 13.0 Å². The van der Waals surface area contributed by atoms with Crippen molar-refractivity contribution < 1.29 is 4.79 Å². The van der Waals surface area contributed by atoms with E-state index in [9.17, 15) is 4.79 Å². The molecule has 0 bridgehead atoms. The first kappa shape index (κ1) is 23.8. The molecule has 5 aromatic heterocycles. The van der Waals surface area contributed by atoms with E-state index in [4.69, 9.17) is 10.7 Å². The van der Waals surface area contributed by atoms with Crippen molar-refractivity contribution in [2.24, 2.45) is 7.05 Å². The Morgan fingerprint density at radius 1 is 1.03 bits per heavy atom. The van der Waals surface area contributed by atoms with Crippen LogP contribution in [0.3, 0.4) is 0 Å². The van der Waals surface area contributed by atoms with Gasteiger partial charge in [-0.25, -0.2) is 14.5 Å². The maximum absolute atomic E-state index is 13.4. The van der Waals surface area contributed by atoms with Crippen LogP contribution in [0.1, 0.15) is 40.1 Å². The highest BCUT2D eigenvalue weighted by Crippen LogP contribution is 2.30. The van der Waals surface area contributed by atoms with Gasteiger partial charge in [0.2, 0.25) is 0 Å². The minimum Gasteiger partial charge on any atom is -0.382 e. The van der Waals surface area contributed by atoms with Crippen molar-refractivity contribution in [2.75, 3.05) is 5.73 Å². The van der Waals surface area contributed by atoms with E-state index in [1.54, 1.807) is 35.4 Å². The van der Waals surface area contributed by atoms with Gasteiger partial charge in [-0.05, 0) is 31.2 Å². The summed E-state index contributed by atoms with van der Waals surface area (Å²) in [6.07, 6.45) is 6.86. The standard InChI is InChI=1S/C29H23N9O/c1-18(34-29(39)27-28(30)35-24-9-6-13-32-38(24)27)22-15-23-26(36-25(22)20-7-4-3-5-8-20)21(12-14-31-23)11-10-19-16-33-37(2)17-19/h3-9,12-18H,30H2,1-2H3,(H,34,39)/t18-/m0/s1. The molecule has 0 fully saturated rings. The number of anilines is 1. The molecular formula is C29H23N9O. The smallest absolute Gasteiger partial charge is 0.274 e. The average molecular weight is 514 g/mol. The highest BCUT2D eigenvalue weighted by molar-refractivity contribution is 5.98. The van der Waals surface area contributed by atoms with Gasteiger partial charge in [0, 0.05) is 36.8 Å². The molecule has 0 saturated heterocycles. The maximum atomic E-state index is 13.4. The Morgan fingerprint density at radius 3 is 2.67 bits per heavy atom. The molecule has 0 aliphatic carbocycles. The number of carbonyl (C=O) groups excluding carboxylic acids is 1. The molecular weight excluding hydrogens is 490 g/mol. The number of nitrogens with zero attached hydrogens (tertiary/aromatic N) is 7. The molecule has 0 spiro atoms. The Morgan fingerprint density at radius 2 is 1.87 bits per heavy atom. The highest BCUT2D eigenvalue weighted by Gasteiger charge is 2.23. The first-order chi connectivity index (χ1) is 19.0. The second kappa shape index (κ2) is 9.72. The number of hydrogen-bond acceptors (Lipinski definition) is 7. The minimum atomic E-state index is -0.440. The van der Waals surface area contributed by atoms with Gasteiger partial charge < -0.3 is 11.1 Å². The summed E-state index contributed by atoms with van der Waals surface area (Å²) in [6, 6.07) is 16.6. The van der Waals surface area contributed by atoms with Gasteiger partial charge in [0.05, 0.1) is 34.6 Å². The molecule has 6 aromatic rings. The van der Waals surface area contributed by atoms with Gasteiger partial charge in [-0.15, -0.1) is 0 Å². The number of fused-ring (bicyclic) bond motifs is 2. The van der Waals surface area contributed by atoms with Gasteiger partial charge in [0.25, 0.3) is 5.91 Å². The SMILES string of the molecule is C[C@H](NC(=O)c1c(N)nc2cccnn12)c1cc2nccc(C#Cc3cnn(C)c3)c2nc1-c1ccccc1. The van der Waals surface area contributed by atoms with E-state index in [1.807, 2.05) is 62.6 Å². The quantitative estimate of drug-likeness (QED) is 0.345. The van der Waals surface area contributed by atoms with Crippen molar-refractivity contribution in [3.8, 4) is 23.1 Å². The molecule has 0 aliphatic rings. The number of imidazole rings is 1. The molecule has 1 aromatic carbocycles. The number of benzene rings is 1. The van der Waals surface area contributed by atoms with Crippen LogP contribution >= 0.6 is 0 Å². The zero-order valence-corrected chi connectivity index (χ0v) is 21.2. The van der Waals surface area contributed by atoms with Crippen LogP contribution < -0.4 is 11.1 Å². The molecule has 10 heteroatoms. The third-order valence-corrected chi connectivity index (χ3v) is 6.28. The second-order valence-electron chi connectivity index (χ2n) is 9.01. The first-order valence-electron chi connectivity index (χ1n) is 12.2. The summed E-state index contributed by atoms with van der Waals surface area (Å²) in [6.45, 7) is 1.89. The normalized spacial score (nSPS) is 11.7. The zero-order chi connectivity index (χ0) is 26.9. The van der Waals surface area contributed by atoms with Gasteiger partial charge in [-0.2, -0.15) is 10.2 Å². The lowest BCUT2D eigenvalue weighted by Gasteiger charge is -2.19. The van der Waals surface area contributed by atoms with Crippen molar-refractivity contribution in [3.05, 3.63) is 102 Å². The van der Waals surface area contributed by atoms with Gasteiger partial charge in [-0.3, -0.25) is 14.5 Å².